The summed E-state index contributed by atoms with van der Waals surface area (Å²) >= 11 is 0. The van der Waals surface area contributed by atoms with Crippen LogP contribution in [0.1, 0.15) is 54.4 Å². The Morgan fingerprint density at radius 2 is 1.60 bits per heavy atom. The van der Waals surface area contributed by atoms with Crippen molar-refractivity contribution in [3.8, 4) is 16.9 Å². The normalized spacial score (nSPS) is 29.3. The Hall–Kier alpha value is -2.61. The highest BCUT2D eigenvalue weighted by molar-refractivity contribution is 6.04. The summed E-state index contributed by atoms with van der Waals surface area (Å²) < 4.78 is 5.90. The number of fused-ring (bicyclic) bond motifs is 1. The molecule has 30 heavy (non-hydrogen) atoms. The number of carbonyl (C=O) groups is 1. The number of rotatable bonds is 4. The summed E-state index contributed by atoms with van der Waals surface area (Å²) in [5.41, 5.74) is 4.58. The maximum atomic E-state index is 11.9. The third-order valence-corrected chi connectivity index (χ3v) is 8.19. The van der Waals surface area contributed by atoms with Crippen molar-refractivity contribution in [2.75, 3.05) is 7.11 Å². The predicted octanol–water partition coefficient (Wildman–Crippen LogP) is 6.80. The predicted molar refractivity (Wildman–Crippen MR) is 121 cm³/mol. The van der Waals surface area contributed by atoms with Gasteiger partial charge < -0.3 is 4.74 Å². The van der Waals surface area contributed by atoms with E-state index in [9.17, 15) is 4.79 Å². The van der Waals surface area contributed by atoms with Crippen LogP contribution in [-0.2, 0) is 5.41 Å². The summed E-state index contributed by atoms with van der Waals surface area (Å²) in [6.07, 6.45) is 9.19. The molecule has 0 atom stereocenters. The summed E-state index contributed by atoms with van der Waals surface area (Å²) in [6.45, 7) is 0. The third kappa shape index (κ3) is 2.66. The zero-order chi connectivity index (χ0) is 20.3. The minimum absolute atomic E-state index is 0.252. The first-order chi connectivity index (χ1) is 14.7. The standard InChI is InChI=1S/C28H28O2/c1-30-26-9-8-22(27-23(17-29)7-6-21-4-2-3-5-24(21)27)13-25(26)28-14-18-10-19(15-28)12-20(11-18)16-28/h2-9,13,17-20H,10-12,14-16H2,1H3. The van der Waals surface area contributed by atoms with Gasteiger partial charge in [-0.05, 0) is 90.2 Å². The summed E-state index contributed by atoms with van der Waals surface area (Å²) in [5, 5.41) is 2.31. The second kappa shape index (κ2) is 6.70. The maximum absolute atomic E-state index is 11.9. The quantitative estimate of drug-likeness (QED) is 0.454. The Kier molecular flexibility index (Phi) is 4.06. The smallest absolute Gasteiger partial charge is 0.150 e. The van der Waals surface area contributed by atoms with Gasteiger partial charge in [-0.1, -0.05) is 42.5 Å². The molecule has 2 nitrogen and oxygen atoms in total. The van der Waals surface area contributed by atoms with Crippen molar-refractivity contribution in [2.45, 2.75) is 43.9 Å². The first-order valence-corrected chi connectivity index (χ1v) is 11.3. The van der Waals surface area contributed by atoms with Crippen molar-refractivity contribution in [3.05, 3.63) is 65.7 Å². The molecule has 152 valence electrons. The largest absolute Gasteiger partial charge is 0.496 e. The lowest BCUT2D eigenvalue weighted by Gasteiger charge is -2.57. The van der Waals surface area contributed by atoms with Crippen LogP contribution in [0.15, 0.2) is 54.6 Å². The van der Waals surface area contributed by atoms with Gasteiger partial charge in [0, 0.05) is 16.7 Å². The zero-order valence-corrected chi connectivity index (χ0v) is 17.6. The van der Waals surface area contributed by atoms with E-state index >= 15 is 0 Å². The van der Waals surface area contributed by atoms with Crippen LogP contribution in [-0.4, -0.2) is 13.4 Å². The van der Waals surface area contributed by atoms with Crippen LogP contribution in [0, 0.1) is 17.8 Å². The molecule has 0 saturated heterocycles. The molecule has 0 amide bonds. The molecular weight excluding hydrogens is 368 g/mol. The van der Waals surface area contributed by atoms with Gasteiger partial charge in [-0.2, -0.15) is 0 Å². The van der Waals surface area contributed by atoms with Crippen molar-refractivity contribution >= 4 is 17.1 Å². The van der Waals surface area contributed by atoms with Crippen LogP contribution >= 0.6 is 0 Å². The van der Waals surface area contributed by atoms with E-state index < -0.39 is 0 Å². The number of benzene rings is 3. The van der Waals surface area contributed by atoms with Gasteiger partial charge in [-0.3, -0.25) is 4.79 Å². The van der Waals surface area contributed by atoms with Crippen molar-refractivity contribution in [1.29, 1.82) is 0 Å². The lowest BCUT2D eigenvalue weighted by Crippen LogP contribution is -2.48. The molecule has 3 aromatic rings. The van der Waals surface area contributed by atoms with E-state index in [1.54, 1.807) is 7.11 Å². The van der Waals surface area contributed by atoms with Gasteiger partial charge in [0.15, 0.2) is 6.29 Å². The average Bonchev–Trinajstić information content (AvgIpc) is 2.77. The minimum Gasteiger partial charge on any atom is -0.496 e. The van der Waals surface area contributed by atoms with E-state index in [0.717, 1.165) is 51.9 Å². The molecule has 0 aliphatic heterocycles. The van der Waals surface area contributed by atoms with Gasteiger partial charge in [0.1, 0.15) is 5.75 Å². The fraction of sp³-hybridized carbons (Fsp3) is 0.393. The van der Waals surface area contributed by atoms with Crippen LogP contribution in [0.3, 0.4) is 0 Å². The molecule has 3 aromatic carbocycles. The SMILES string of the molecule is COc1ccc(-c2c(C=O)ccc3ccccc23)cc1C12CC3CC(CC(C3)C1)C2. The second-order valence-electron chi connectivity index (χ2n) is 9.98. The summed E-state index contributed by atoms with van der Waals surface area (Å²) in [7, 11) is 1.80. The molecule has 4 aliphatic carbocycles. The molecule has 0 unspecified atom stereocenters. The van der Waals surface area contributed by atoms with Gasteiger partial charge in [0.05, 0.1) is 7.11 Å². The molecule has 4 bridgehead atoms. The molecule has 4 saturated carbocycles. The van der Waals surface area contributed by atoms with Crippen LogP contribution in [0.4, 0.5) is 0 Å². The number of methoxy groups -OCH3 is 1. The molecule has 4 aliphatic rings. The second-order valence-corrected chi connectivity index (χ2v) is 9.98. The molecule has 4 fully saturated rings. The lowest BCUT2D eigenvalue weighted by molar-refractivity contribution is -0.00613. The summed E-state index contributed by atoms with van der Waals surface area (Å²) in [5.74, 6) is 3.67. The first kappa shape index (κ1) is 18.2. The number of ether oxygens (including phenoxy) is 1. The average molecular weight is 397 g/mol. The molecule has 0 heterocycles. The van der Waals surface area contributed by atoms with Crippen molar-refractivity contribution < 1.29 is 9.53 Å². The number of hydrogen-bond donors (Lipinski definition) is 0. The van der Waals surface area contributed by atoms with Crippen LogP contribution in [0.25, 0.3) is 21.9 Å². The molecule has 0 aromatic heterocycles. The Labute approximate surface area is 178 Å². The highest BCUT2D eigenvalue weighted by atomic mass is 16.5. The maximum Gasteiger partial charge on any atom is 0.150 e. The molecule has 0 N–H and O–H groups in total. The van der Waals surface area contributed by atoms with Gasteiger partial charge in [0.2, 0.25) is 0 Å². The van der Waals surface area contributed by atoms with Crippen LogP contribution in [0.5, 0.6) is 5.75 Å². The Balaban J connectivity index is 1.56. The third-order valence-electron chi connectivity index (χ3n) is 8.19. The summed E-state index contributed by atoms with van der Waals surface area (Å²) in [4.78, 5) is 11.9. The number of aldehydes is 1. The van der Waals surface area contributed by atoms with Crippen molar-refractivity contribution in [3.63, 3.8) is 0 Å². The monoisotopic (exact) mass is 396 g/mol. The van der Waals surface area contributed by atoms with Gasteiger partial charge in [-0.25, -0.2) is 0 Å². The van der Waals surface area contributed by atoms with E-state index in [0.29, 0.717) is 0 Å². The van der Waals surface area contributed by atoms with E-state index in [1.165, 1.54) is 49.5 Å². The van der Waals surface area contributed by atoms with Crippen LogP contribution < -0.4 is 4.74 Å². The van der Waals surface area contributed by atoms with Gasteiger partial charge >= 0.3 is 0 Å². The number of carbonyl (C=O) groups excluding carboxylic acids is 1. The Morgan fingerprint density at radius 3 is 2.27 bits per heavy atom. The molecule has 2 heteroatoms. The van der Waals surface area contributed by atoms with E-state index in [2.05, 4.69) is 42.5 Å². The molecule has 0 spiro atoms. The lowest BCUT2D eigenvalue weighted by atomic mass is 9.48. The van der Waals surface area contributed by atoms with E-state index in [-0.39, 0.29) is 5.41 Å². The minimum atomic E-state index is 0.252. The van der Waals surface area contributed by atoms with Crippen molar-refractivity contribution in [2.24, 2.45) is 17.8 Å². The zero-order valence-electron chi connectivity index (χ0n) is 17.6. The topological polar surface area (TPSA) is 26.3 Å². The first-order valence-electron chi connectivity index (χ1n) is 11.3. The fourth-order valence-corrected chi connectivity index (χ4v) is 7.43. The molecule has 7 rings (SSSR count). The van der Waals surface area contributed by atoms with Crippen molar-refractivity contribution in [1.82, 2.24) is 0 Å². The summed E-state index contributed by atoms with van der Waals surface area (Å²) in [6, 6.07) is 19.0. The van der Waals surface area contributed by atoms with E-state index in [1.807, 2.05) is 12.1 Å². The van der Waals surface area contributed by atoms with Gasteiger partial charge in [-0.15, -0.1) is 0 Å². The highest BCUT2D eigenvalue weighted by Crippen LogP contribution is 2.62. The fourth-order valence-electron chi connectivity index (χ4n) is 7.43. The Morgan fingerprint density at radius 1 is 0.900 bits per heavy atom. The van der Waals surface area contributed by atoms with E-state index in [4.69, 9.17) is 4.74 Å². The Bertz CT molecular complexity index is 1110. The molecular formula is C28H28O2. The molecule has 0 radical (unpaired) electrons. The van der Waals surface area contributed by atoms with Crippen LogP contribution in [0.2, 0.25) is 0 Å². The number of hydrogen-bond acceptors (Lipinski definition) is 2. The van der Waals surface area contributed by atoms with Gasteiger partial charge in [0.25, 0.3) is 0 Å². The highest BCUT2D eigenvalue weighted by Gasteiger charge is 2.52.